The van der Waals surface area contributed by atoms with Gasteiger partial charge >= 0.3 is 5.97 Å². The molecule has 0 aromatic heterocycles. The van der Waals surface area contributed by atoms with Gasteiger partial charge in [-0.2, -0.15) is 0 Å². The van der Waals surface area contributed by atoms with E-state index in [1.807, 2.05) is 0 Å². The first-order chi connectivity index (χ1) is 8.35. The van der Waals surface area contributed by atoms with Crippen LogP contribution in [0, 0.1) is 5.92 Å². The number of ether oxygens (including phenoxy) is 1. The summed E-state index contributed by atoms with van der Waals surface area (Å²) in [6.45, 7) is 3.53. The van der Waals surface area contributed by atoms with E-state index in [9.17, 15) is 13.6 Å². The Kier molecular flexibility index (Phi) is 4.82. The second-order valence-corrected chi connectivity index (χ2v) is 4.75. The summed E-state index contributed by atoms with van der Waals surface area (Å²) < 4.78 is 32.1. The van der Waals surface area contributed by atoms with E-state index in [2.05, 4.69) is 4.74 Å². The van der Waals surface area contributed by atoms with Gasteiger partial charge in [0.05, 0.1) is 13.5 Å². The average Bonchev–Trinajstić information content (AvgIpc) is 2.28. The highest BCUT2D eigenvalue weighted by atomic mass is 19.3. The minimum absolute atomic E-state index is 0.00943. The normalized spacial score (nSPS) is 11.7. The molecule has 0 unspecified atom stereocenters. The van der Waals surface area contributed by atoms with E-state index in [0.29, 0.717) is 5.56 Å². The zero-order valence-electron chi connectivity index (χ0n) is 10.9. The highest BCUT2D eigenvalue weighted by molar-refractivity contribution is 5.72. The molecule has 0 saturated heterocycles. The molecule has 4 heteroatoms. The van der Waals surface area contributed by atoms with Gasteiger partial charge in [0, 0.05) is 12.0 Å². The molecular weight excluding hydrogens is 238 g/mol. The molecule has 0 radical (unpaired) electrons. The molecule has 0 bridgehead atoms. The van der Waals surface area contributed by atoms with Crippen LogP contribution in [0.1, 0.15) is 31.4 Å². The van der Waals surface area contributed by atoms with E-state index < -0.39 is 5.92 Å². The van der Waals surface area contributed by atoms with Crippen molar-refractivity contribution in [1.82, 2.24) is 0 Å². The van der Waals surface area contributed by atoms with Crippen LogP contribution in [-0.2, 0) is 21.9 Å². The molecule has 1 rings (SSSR count). The Balaban J connectivity index is 2.79. The Bertz CT molecular complexity index is 397. The minimum Gasteiger partial charge on any atom is -0.469 e. The smallest absolute Gasteiger partial charge is 0.309 e. The Hall–Kier alpha value is -1.45. The van der Waals surface area contributed by atoms with Crippen molar-refractivity contribution in [2.75, 3.05) is 7.11 Å². The van der Waals surface area contributed by atoms with Crippen LogP contribution >= 0.6 is 0 Å². The van der Waals surface area contributed by atoms with E-state index in [0.717, 1.165) is 0 Å². The summed E-state index contributed by atoms with van der Waals surface area (Å²) in [4.78, 5) is 11.0. The molecule has 0 spiro atoms. The molecule has 0 saturated carbocycles. The fraction of sp³-hybridized carbons (Fsp3) is 0.500. The number of hydrogen-bond donors (Lipinski definition) is 0. The fourth-order valence-corrected chi connectivity index (χ4v) is 1.74. The predicted molar refractivity (Wildman–Crippen MR) is 65.5 cm³/mol. The van der Waals surface area contributed by atoms with Crippen molar-refractivity contribution >= 4 is 5.97 Å². The largest absolute Gasteiger partial charge is 0.469 e. The van der Waals surface area contributed by atoms with E-state index in [1.54, 1.807) is 26.0 Å². The number of hydrogen-bond acceptors (Lipinski definition) is 2. The van der Waals surface area contributed by atoms with Crippen molar-refractivity contribution in [2.45, 2.75) is 32.6 Å². The maximum absolute atomic E-state index is 13.8. The summed E-state index contributed by atoms with van der Waals surface area (Å²) in [6, 6.07) is 5.84. The van der Waals surface area contributed by atoms with Crippen LogP contribution in [-0.4, -0.2) is 13.1 Å². The molecule has 0 heterocycles. The van der Waals surface area contributed by atoms with Crippen LogP contribution in [0.2, 0.25) is 0 Å². The Morgan fingerprint density at radius 1 is 1.28 bits per heavy atom. The maximum atomic E-state index is 13.8. The second kappa shape index (κ2) is 5.94. The first-order valence-corrected chi connectivity index (χ1v) is 5.89. The van der Waals surface area contributed by atoms with Gasteiger partial charge in [-0.15, -0.1) is 0 Å². The Morgan fingerprint density at radius 3 is 2.28 bits per heavy atom. The number of methoxy groups -OCH3 is 1. The number of carbonyl (C=O) groups is 1. The molecule has 0 fully saturated rings. The van der Waals surface area contributed by atoms with Crippen molar-refractivity contribution in [3.63, 3.8) is 0 Å². The maximum Gasteiger partial charge on any atom is 0.309 e. The summed E-state index contributed by atoms with van der Waals surface area (Å²) in [6.07, 6.45) is -0.0735. The SMILES string of the molecule is COC(=O)Cc1ccc(C(F)(F)CC(C)C)cc1. The molecule has 0 aliphatic heterocycles. The zero-order chi connectivity index (χ0) is 13.8. The third kappa shape index (κ3) is 4.09. The van der Waals surface area contributed by atoms with E-state index in [1.165, 1.54) is 19.2 Å². The molecule has 100 valence electrons. The van der Waals surface area contributed by atoms with Gasteiger partial charge in [0.25, 0.3) is 5.92 Å². The highest BCUT2D eigenvalue weighted by Gasteiger charge is 2.32. The van der Waals surface area contributed by atoms with Crippen molar-refractivity contribution in [2.24, 2.45) is 5.92 Å². The highest BCUT2D eigenvalue weighted by Crippen LogP contribution is 2.34. The fourth-order valence-electron chi connectivity index (χ4n) is 1.74. The topological polar surface area (TPSA) is 26.3 Å². The summed E-state index contributed by atoms with van der Waals surface area (Å²) >= 11 is 0. The van der Waals surface area contributed by atoms with Gasteiger partial charge in [-0.25, -0.2) is 8.78 Å². The predicted octanol–water partition coefficient (Wildman–Crippen LogP) is 3.54. The van der Waals surface area contributed by atoms with E-state index >= 15 is 0 Å². The lowest BCUT2D eigenvalue weighted by Crippen LogP contribution is -2.16. The molecule has 18 heavy (non-hydrogen) atoms. The Morgan fingerprint density at radius 2 is 1.83 bits per heavy atom. The lowest BCUT2D eigenvalue weighted by molar-refractivity contribution is -0.139. The quantitative estimate of drug-likeness (QED) is 0.753. The van der Waals surface area contributed by atoms with Gasteiger partial charge in [0.2, 0.25) is 0 Å². The molecule has 0 aliphatic rings. The molecule has 0 amide bonds. The van der Waals surface area contributed by atoms with Gasteiger partial charge in [-0.1, -0.05) is 38.1 Å². The zero-order valence-corrected chi connectivity index (χ0v) is 10.9. The van der Waals surface area contributed by atoms with Gasteiger partial charge in [0.15, 0.2) is 0 Å². The van der Waals surface area contributed by atoms with Crippen LogP contribution in [0.25, 0.3) is 0 Å². The van der Waals surface area contributed by atoms with Crippen molar-refractivity contribution in [3.8, 4) is 0 Å². The lowest BCUT2D eigenvalue weighted by Gasteiger charge is -2.19. The molecule has 0 N–H and O–H groups in total. The molecule has 1 aromatic rings. The van der Waals surface area contributed by atoms with Crippen LogP contribution in [0.5, 0.6) is 0 Å². The van der Waals surface area contributed by atoms with E-state index in [-0.39, 0.29) is 30.3 Å². The monoisotopic (exact) mass is 256 g/mol. The summed E-state index contributed by atoms with van der Waals surface area (Å²) in [5.41, 5.74) is 0.663. The van der Waals surface area contributed by atoms with Gasteiger partial charge < -0.3 is 4.74 Å². The van der Waals surface area contributed by atoms with Gasteiger partial charge in [-0.3, -0.25) is 4.79 Å². The number of halogens is 2. The molecule has 1 aromatic carbocycles. The summed E-state index contributed by atoms with van der Waals surface area (Å²) in [5.74, 6) is -3.27. The summed E-state index contributed by atoms with van der Waals surface area (Å²) in [5, 5.41) is 0. The standard InChI is InChI=1S/C14H18F2O2/c1-10(2)9-14(15,16)12-6-4-11(5-7-12)8-13(17)18-3/h4-7,10H,8-9H2,1-3H3. The van der Waals surface area contributed by atoms with Crippen molar-refractivity contribution < 1.29 is 18.3 Å². The lowest BCUT2D eigenvalue weighted by atomic mass is 9.97. The summed E-state index contributed by atoms with van der Waals surface area (Å²) in [7, 11) is 1.30. The molecule has 0 aliphatic carbocycles. The average molecular weight is 256 g/mol. The Labute approximate surface area is 106 Å². The first kappa shape index (κ1) is 14.6. The van der Waals surface area contributed by atoms with Crippen molar-refractivity contribution in [1.29, 1.82) is 0 Å². The van der Waals surface area contributed by atoms with Crippen LogP contribution in [0.3, 0.4) is 0 Å². The first-order valence-electron chi connectivity index (χ1n) is 5.89. The molecule has 0 atom stereocenters. The number of rotatable bonds is 5. The molecule has 2 nitrogen and oxygen atoms in total. The number of alkyl halides is 2. The second-order valence-electron chi connectivity index (χ2n) is 4.75. The van der Waals surface area contributed by atoms with Gasteiger partial charge in [0.1, 0.15) is 0 Å². The van der Waals surface area contributed by atoms with Gasteiger partial charge in [-0.05, 0) is 11.5 Å². The van der Waals surface area contributed by atoms with Crippen molar-refractivity contribution in [3.05, 3.63) is 35.4 Å². The minimum atomic E-state index is -2.82. The van der Waals surface area contributed by atoms with Crippen LogP contribution in [0.15, 0.2) is 24.3 Å². The number of esters is 1. The third-order valence-corrected chi connectivity index (χ3v) is 2.62. The number of benzene rings is 1. The third-order valence-electron chi connectivity index (χ3n) is 2.62. The van der Waals surface area contributed by atoms with Crippen LogP contribution < -0.4 is 0 Å². The number of carbonyl (C=O) groups excluding carboxylic acids is 1. The van der Waals surface area contributed by atoms with Crippen LogP contribution in [0.4, 0.5) is 8.78 Å². The molecular formula is C14H18F2O2. The van der Waals surface area contributed by atoms with E-state index in [4.69, 9.17) is 0 Å².